The van der Waals surface area contributed by atoms with E-state index in [1.165, 1.54) is 6.42 Å². The highest BCUT2D eigenvalue weighted by atomic mass is 79.9. The molecule has 1 aromatic rings. The number of halogens is 1. The van der Waals surface area contributed by atoms with E-state index in [0.717, 1.165) is 28.8 Å². The third-order valence-electron chi connectivity index (χ3n) is 3.88. The fourth-order valence-corrected chi connectivity index (χ4v) is 3.10. The van der Waals surface area contributed by atoms with E-state index in [1.807, 2.05) is 18.2 Å². The van der Waals surface area contributed by atoms with Crippen molar-refractivity contribution in [3.05, 3.63) is 28.2 Å². The van der Waals surface area contributed by atoms with Gasteiger partial charge in [0, 0.05) is 11.1 Å². The molecule has 1 heterocycles. The number of hydrogen-bond acceptors (Lipinski definition) is 3. The van der Waals surface area contributed by atoms with E-state index in [-0.39, 0.29) is 11.3 Å². The van der Waals surface area contributed by atoms with Crippen LogP contribution in [0, 0.1) is 0 Å². The maximum atomic E-state index is 12.3. The predicted octanol–water partition coefficient (Wildman–Crippen LogP) is 3.51. The highest BCUT2D eigenvalue weighted by molar-refractivity contribution is 9.10. The van der Waals surface area contributed by atoms with Crippen molar-refractivity contribution in [3.8, 4) is 5.75 Å². The average Bonchev–Trinajstić information content (AvgIpc) is 2.68. The van der Waals surface area contributed by atoms with Crippen LogP contribution in [-0.2, 0) is 0 Å². The van der Waals surface area contributed by atoms with E-state index >= 15 is 0 Å². The van der Waals surface area contributed by atoms with Gasteiger partial charge >= 0.3 is 0 Å². The third-order valence-corrected chi connectivity index (χ3v) is 4.50. The molecule has 0 unspecified atom stereocenters. The summed E-state index contributed by atoms with van der Waals surface area (Å²) in [5.41, 5.74) is 0.870. The molecule has 0 saturated carbocycles. The van der Waals surface area contributed by atoms with E-state index in [2.05, 4.69) is 34.7 Å². The summed E-state index contributed by atoms with van der Waals surface area (Å²) in [4.78, 5) is 14.6. The summed E-state index contributed by atoms with van der Waals surface area (Å²) in [6, 6.07) is 5.49. The Hall–Kier alpha value is -0.870. The summed E-state index contributed by atoms with van der Waals surface area (Å²) in [6.07, 6.45) is 2.33. The van der Waals surface area contributed by atoms with Crippen LogP contribution in [0.4, 0.5) is 0 Å². The van der Waals surface area contributed by atoms with E-state index in [0.29, 0.717) is 6.54 Å². The van der Waals surface area contributed by atoms with Crippen molar-refractivity contribution in [1.82, 2.24) is 4.90 Å². The van der Waals surface area contributed by atoms with Crippen LogP contribution in [-0.4, -0.2) is 36.4 Å². The lowest BCUT2D eigenvalue weighted by atomic mass is 10.0. The largest absolute Gasteiger partial charge is 0.496 e. The fraction of sp³-hybridized carbons (Fsp3) is 0.533. The summed E-state index contributed by atoms with van der Waals surface area (Å²) >= 11 is 3.42. The smallest absolute Gasteiger partial charge is 0.176 e. The van der Waals surface area contributed by atoms with Gasteiger partial charge in [-0.3, -0.25) is 9.69 Å². The Morgan fingerprint density at radius 2 is 2.21 bits per heavy atom. The summed E-state index contributed by atoms with van der Waals surface area (Å²) < 4.78 is 6.00. The normalized spacial score (nSPS) is 18.5. The minimum atomic E-state index is 0.138. The molecule has 19 heavy (non-hydrogen) atoms. The molecule has 0 bridgehead atoms. The van der Waals surface area contributed by atoms with Crippen molar-refractivity contribution in [3.63, 3.8) is 0 Å². The van der Waals surface area contributed by atoms with Crippen LogP contribution in [0.15, 0.2) is 22.7 Å². The molecule has 0 spiro atoms. The number of ketones is 1. The van der Waals surface area contributed by atoms with Crippen LogP contribution in [0.2, 0.25) is 0 Å². The van der Waals surface area contributed by atoms with E-state index < -0.39 is 0 Å². The van der Waals surface area contributed by atoms with Crippen LogP contribution in [0.3, 0.4) is 0 Å². The number of nitrogens with zero attached hydrogens (tertiary/aromatic N) is 1. The summed E-state index contributed by atoms with van der Waals surface area (Å²) in [5.74, 6) is 0.913. The van der Waals surface area contributed by atoms with Gasteiger partial charge in [0.1, 0.15) is 5.75 Å². The Kier molecular flexibility index (Phi) is 4.31. The SMILES string of the molecule is COc1ccc(C(=O)CN2CCCC2(C)C)cc1Br. The maximum Gasteiger partial charge on any atom is 0.176 e. The number of ether oxygens (including phenoxy) is 1. The molecule has 0 radical (unpaired) electrons. The van der Waals surface area contributed by atoms with Gasteiger partial charge < -0.3 is 4.74 Å². The second-order valence-electron chi connectivity index (χ2n) is 5.61. The second-order valence-corrected chi connectivity index (χ2v) is 6.46. The second kappa shape index (κ2) is 5.63. The quantitative estimate of drug-likeness (QED) is 0.793. The molecule has 0 amide bonds. The molecule has 104 valence electrons. The lowest BCUT2D eigenvalue weighted by Crippen LogP contribution is -2.41. The van der Waals surface area contributed by atoms with Crippen molar-refractivity contribution in [2.45, 2.75) is 32.2 Å². The molecule has 0 aromatic heterocycles. The van der Waals surface area contributed by atoms with E-state index in [9.17, 15) is 4.79 Å². The topological polar surface area (TPSA) is 29.5 Å². The molecule has 1 aliphatic rings. The zero-order valence-corrected chi connectivity index (χ0v) is 13.3. The Balaban J connectivity index is 2.10. The first kappa shape index (κ1) is 14.5. The first-order valence-corrected chi connectivity index (χ1v) is 7.35. The Labute approximate surface area is 123 Å². The van der Waals surface area contributed by atoms with E-state index in [1.54, 1.807) is 7.11 Å². The van der Waals surface area contributed by atoms with Gasteiger partial charge in [-0.25, -0.2) is 0 Å². The maximum absolute atomic E-state index is 12.3. The monoisotopic (exact) mass is 325 g/mol. The Morgan fingerprint density at radius 3 is 2.74 bits per heavy atom. The molecule has 1 saturated heterocycles. The lowest BCUT2D eigenvalue weighted by Gasteiger charge is -2.30. The van der Waals surface area contributed by atoms with Gasteiger partial charge in [-0.1, -0.05) is 0 Å². The summed E-state index contributed by atoms with van der Waals surface area (Å²) in [5, 5.41) is 0. The number of carbonyl (C=O) groups is 1. The van der Waals surface area contributed by atoms with Crippen molar-refractivity contribution >= 4 is 21.7 Å². The number of Topliss-reactive ketones (excluding diaryl/α,β-unsaturated/α-hetero) is 1. The summed E-state index contributed by atoms with van der Waals surface area (Å²) in [6.45, 7) is 5.91. The molecule has 0 N–H and O–H groups in total. The molecule has 0 atom stereocenters. The minimum Gasteiger partial charge on any atom is -0.496 e. The molecular weight excluding hydrogens is 306 g/mol. The van der Waals surface area contributed by atoms with Crippen LogP contribution in [0.5, 0.6) is 5.75 Å². The van der Waals surface area contributed by atoms with Gasteiger partial charge in [-0.15, -0.1) is 0 Å². The van der Waals surface area contributed by atoms with Gasteiger partial charge in [0.15, 0.2) is 5.78 Å². The fourth-order valence-electron chi connectivity index (χ4n) is 2.56. The highest BCUT2D eigenvalue weighted by Gasteiger charge is 2.33. The molecule has 0 aliphatic carbocycles. The molecule has 3 nitrogen and oxygen atoms in total. The molecule has 1 aromatic carbocycles. The first-order chi connectivity index (χ1) is 8.94. The van der Waals surface area contributed by atoms with Crippen molar-refractivity contribution < 1.29 is 9.53 Å². The minimum absolute atomic E-state index is 0.138. The average molecular weight is 326 g/mol. The molecule has 2 rings (SSSR count). The van der Waals surface area contributed by atoms with Crippen LogP contribution in [0.1, 0.15) is 37.0 Å². The zero-order chi connectivity index (χ0) is 14.0. The Bertz CT molecular complexity index is 485. The third kappa shape index (κ3) is 3.18. The number of likely N-dealkylation sites (tertiary alicyclic amines) is 1. The highest BCUT2D eigenvalue weighted by Crippen LogP contribution is 2.29. The summed E-state index contributed by atoms with van der Waals surface area (Å²) in [7, 11) is 1.62. The van der Waals surface area contributed by atoms with Crippen molar-refractivity contribution in [1.29, 1.82) is 0 Å². The van der Waals surface area contributed by atoms with Crippen LogP contribution in [0.25, 0.3) is 0 Å². The molecule has 4 heteroatoms. The van der Waals surface area contributed by atoms with Gasteiger partial charge in [0.05, 0.1) is 18.1 Å². The lowest BCUT2D eigenvalue weighted by molar-refractivity contribution is 0.0871. The van der Waals surface area contributed by atoms with Gasteiger partial charge in [-0.05, 0) is 67.4 Å². The molecule has 1 aliphatic heterocycles. The van der Waals surface area contributed by atoms with Crippen LogP contribution >= 0.6 is 15.9 Å². The zero-order valence-electron chi connectivity index (χ0n) is 11.7. The van der Waals surface area contributed by atoms with Gasteiger partial charge in [0.25, 0.3) is 0 Å². The molecule has 1 fully saturated rings. The number of benzene rings is 1. The van der Waals surface area contributed by atoms with Crippen molar-refractivity contribution in [2.75, 3.05) is 20.2 Å². The number of rotatable bonds is 4. The van der Waals surface area contributed by atoms with Gasteiger partial charge in [0.2, 0.25) is 0 Å². The van der Waals surface area contributed by atoms with Crippen molar-refractivity contribution in [2.24, 2.45) is 0 Å². The van der Waals surface area contributed by atoms with E-state index in [4.69, 9.17) is 4.74 Å². The number of methoxy groups -OCH3 is 1. The van der Waals surface area contributed by atoms with Crippen LogP contribution < -0.4 is 4.74 Å². The first-order valence-electron chi connectivity index (χ1n) is 6.56. The number of carbonyl (C=O) groups excluding carboxylic acids is 1. The standard InChI is InChI=1S/C15H20BrNO2/c1-15(2)7-4-8-17(15)10-13(18)11-5-6-14(19-3)12(16)9-11/h5-6,9H,4,7-8,10H2,1-3H3. The Morgan fingerprint density at radius 1 is 1.47 bits per heavy atom. The van der Waals surface area contributed by atoms with Gasteiger partial charge in [-0.2, -0.15) is 0 Å². The molecular formula is C15H20BrNO2. The predicted molar refractivity (Wildman–Crippen MR) is 79.9 cm³/mol. The number of hydrogen-bond donors (Lipinski definition) is 0.